The first-order chi connectivity index (χ1) is 13.6. The van der Waals surface area contributed by atoms with Gasteiger partial charge in [0.1, 0.15) is 18.1 Å². The van der Waals surface area contributed by atoms with Gasteiger partial charge in [0.25, 0.3) is 0 Å². The number of benzene rings is 2. The van der Waals surface area contributed by atoms with Gasteiger partial charge in [0.15, 0.2) is 5.82 Å². The Kier molecular flexibility index (Phi) is 6.60. The molecule has 3 aromatic rings. The van der Waals surface area contributed by atoms with E-state index in [1.807, 2.05) is 43.3 Å². The van der Waals surface area contributed by atoms with Crippen molar-refractivity contribution in [3.05, 3.63) is 70.3 Å². The molecule has 3 rings (SSSR count). The van der Waals surface area contributed by atoms with E-state index < -0.39 is 0 Å². The molecule has 1 heterocycles. The minimum Gasteiger partial charge on any atom is -0.493 e. The number of ether oxygens (including phenoxy) is 2. The molecule has 0 aliphatic carbocycles. The number of hydrogen-bond donors (Lipinski definition) is 1. The molecule has 0 radical (unpaired) electrons. The number of hydrogen-bond acceptors (Lipinski definition) is 5. The van der Waals surface area contributed by atoms with Crippen LogP contribution in [0.25, 0.3) is 0 Å². The minimum absolute atomic E-state index is 0.249. The predicted octanol–water partition coefficient (Wildman–Crippen LogP) is 4.92. The number of para-hydroxylation sites is 1. The Morgan fingerprint density at radius 1 is 1.14 bits per heavy atom. The van der Waals surface area contributed by atoms with Gasteiger partial charge in [0, 0.05) is 5.56 Å². The van der Waals surface area contributed by atoms with Gasteiger partial charge in [0.05, 0.1) is 12.8 Å². The highest BCUT2D eigenvalue weighted by Gasteiger charge is 2.07. The van der Waals surface area contributed by atoms with Crippen molar-refractivity contribution in [3.63, 3.8) is 0 Å². The smallest absolute Gasteiger partial charge is 0.216 e. The summed E-state index contributed by atoms with van der Waals surface area (Å²) in [7, 11) is 0. The summed E-state index contributed by atoms with van der Waals surface area (Å²) >= 11 is 5.29. The number of rotatable bonds is 8. The molecule has 1 aromatic heterocycles. The fourth-order valence-corrected chi connectivity index (χ4v) is 2.83. The molecule has 7 heteroatoms. The lowest BCUT2D eigenvalue weighted by atomic mass is 10.0. The molecule has 2 aromatic carbocycles. The van der Waals surface area contributed by atoms with E-state index in [4.69, 9.17) is 21.7 Å². The van der Waals surface area contributed by atoms with E-state index in [1.54, 1.807) is 10.9 Å². The van der Waals surface area contributed by atoms with Gasteiger partial charge >= 0.3 is 0 Å². The molecule has 0 saturated heterocycles. The van der Waals surface area contributed by atoms with Crippen molar-refractivity contribution in [2.24, 2.45) is 5.10 Å². The predicted molar refractivity (Wildman–Crippen MR) is 113 cm³/mol. The second-order valence-electron chi connectivity index (χ2n) is 6.48. The van der Waals surface area contributed by atoms with Gasteiger partial charge in [-0.15, -0.1) is 0 Å². The molecule has 0 bridgehead atoms. The highest BCUT2D eigenvalue weighted by atomic mass is 32.1. The molecule has 0 fully saturated rings. The molecule has 6 nitrogen and oxygen atoms in total. The summed E-state index contributed by atoms with van der Waals surface area (Å²) in [5, 5.41) is 11.5. The Balaban J connectivity index is 1.74. The molecule has 0 atom stereocenters. The number of aromatic nitrogens is 3. The van der Waals surface area contributed by atoms with E-state index in [0.717, 1.165) is 17.1 Å². The summed E-state index contributed by atoms with van der Waals surface area (Å²) in [6.45, 7) is 7.11. The highest BCUT2D eigenvalue weighted by molar-refractivity contribution is 7.71. The van der Waals surface area contributed by atoms with Gasteiger partial charge in [-0.25, -0.2) is 5.10 Å². The Morgan fingerprint density at radius 3 is 2.61 bits per heavy atom. The molecule has 0 aliphatic rings. The Labute approximate surface area is 169 Å². The first kappa shape index (κ1) is 19.8. The van der Waals surface area contributed by atoms with E-state index in [1.165, 1.54) is 5.56 Å². The number of nitrogens with zero attached hydrogens (tertiary/aromatic N) is 3. The van der Waals surface area contributed by atoms with Crippen LogP contribution in [0.1, 0.15) is 43.6 Å². The SMILES string of the molecule is CCOc1ccccc1/C=N\n1c(COc2ccc(C(C)C)cc2)n[nH]c1=S. The largest absolute Gasteiger partial charge is 0.493 e. The third-order valence-electron chi connectivity index (χ3n) is 4.16. The maximum atomic E-state index is 5.85. The van der Waals surface area contributed by atoms with E-state index in [0.29, 0.717) is 23.1 Å². The molecule has 0 unspecified atom stereocenters. The van der Waals surface area contributed by atoms with Crippen LogP contribution < -0.4 is 9.47 Å². The first-order valence-corrected chi connectivity index (χ1v) is 9.64. The Morgan fingerprint density at radius 2 is 1.89 bits per heavy atom. The van der Waals surface area contributed by atoms with Gasteiger partial charge in [-0.2, -0.15) is 14.9 Å². The van der Waals surface area contributed by atoms with Gasteiger partial charge in [-0.3, -0.25) is 0 Å². The Bertz CT molecular complexity index is 990. The second kappa shape index (κ2) is 9.32. The molecule has 0 spiro atoms. The van der Waals surface area contributed by atoms with Crippen molar-refractivity contribution < 1.29 is 9.47 Å². The maximum absolute atomic E-state index is 5.85. The summed E-state index contributed by atoms with van der Waals surface area (Å²) in [4.78, 5) is 0. The molecular weight excluding hydrogens is 372 g/mol. The first-order valence-electron chi connectivity index (χ1n) is 9.23. The molecule has 0 aliphatic heterocycles. The van der Waals surface area contributed by atoms with Gasteiger partial charge in [-0.05, 0) is 54.9 Å². The Hall–Kier alpha value is -2.93. The van der Waals surface area contributed by atoms with Crippen LogP contribution >= 0.6 is 12.2 Å². The van der Waals surface area contributed by atoms with E-state index >= 15 is 0 Å². The average Bonchev–Trinajstić information content (AvgIpc) is 3.06. The van der Waals surface area contributed by atoms with Crippen molar-refractivity contribution in [1.29, 1.82) is 0 Å². The normalized spacial score (nSPS) is 11.3. The van der Waals surface area contributed by atoms with Gasteiger partial charge in [-0.1, -0.05) is 38.1 Å². The number of nitrogens with one attached hydrogen (secondary N) is 1. The van der Waals surface area contributed by atoms with Crippen LogP contribution in [0.5, 0.6) is 11.5 Å². The number of aromatic amines is 1. The van der Waals surface area contributed by atoms with Crippen LogP contribution in [0, 0.1) is 4.77 Å². The minimum atomic E-state index is 0.249. The third-order valence-corrected chi connectivity index (χ3v) is 4.43. The van der Waals surface area contributed by atoms with Crippen LogP contribution in [-0.2, 0) is 6.61 Å². The summed E-state index contributed by atoms with van der Waals surface area (Å²) in [6, 6.07) is 15.8. The van der Waals surface area contributed by atoms with Gasteiger partial charge in [0.2, 0.25) is 4.77 Å². The molecule has 0 saturated carbocycles. The van der Waals surface area contributed by atoms with E-state index in [-0.39, 0.29) is 6.61 Å². The zero-order valence-corrected chi connectivity index (χ0v) is 17.1. The lowest BCUT2D eigenvalue weighted by Gasteiger charge is -2.09. The highest BCUT2D eigenvalue weighted by Crippen LogP contribution is 2.19. The molecule has 1 N–H and O–H groups in total. The van der Waals surface area contributed by atoms with E-state index in [2.05, 4.69) is 41.3 Å². The van der Waals surface area contributed by atoms with Crippen LogP contribution in [0.3, 0.4) is 0 Å². The van der Waals surface area contributed by atoms with Crippen molar-refractivity contribution >= 4 is 18.4 Å². The lowest BCUT2D eigenvalue weighted by Crippen LogP contribution is -2.04. The summed E-state index contributed by atoms with van der Waals surface area (Å²) in [6.07, 6.45) is 1.71. The second-order valence-corrected chi connectivity index (χ2v) is 6.87. The number of H-pyrrole nitrogens is 1. The zero-order chi connectivity index (χ0) is 19.9. The maximum Gasteiger partial charge on any atom is 0.216 e. The molecule has 28 heavy (non-hydrogen) atoms. The summed E-state index contributed by atoms with van der Waals surface area (Å²) < 4.78 is 13.4. The van der Waals surface area contributed by atoms with Crippen LogP contribution in [0.15, 0.2) is 53.6 Å². The molecule has 146 valence electrons. The topological polar surface area (TPSA) is 64.4 Å². The van der Waals surface area contributed by atoms with Gasteiger partial charge < -0.3 is 9.47 Å². The van der Waals surface area contributed by atoms with E-state index in [9.17, 15) is 0 Å². The quantitative estimate of drug-likeness (QED) is 0.433. The van der Waals surface area contributed by atoms with Crippen LogP contribution in [-0.4, -0.2) is 27.7 Å². The monoisotopic (exact) mass is 396 g/mol. The molecular formula is C21H24N4O2S. The van der Waals surface area contributed by atoms with Crippen molar-refractivity contribution in [1.82, 2.24) is 14.9 Å². The van der Waals surface area contributed by atoms with Crippen molar-refractivity contribution in [2.45, 2.75) is 33.3 Å². The summed E-state index contributed by atoms with van der Waals surface area (Å²) in [5.41, 5.74) is 2.14. The molecule has 0 amide bonds. The van der Waals surface area contributed by atoms with Crippen molar-refractivity contribution in [2.75, 3.05) is 6.61 Å². The zero-order valence-electron chi connectivity index (χ0n) is 16.3. The average molecular weight is 397 g/mol. The summed E-state index contributed by atoms with van der Waals surface area (Å²) in [5.74, 6) is 2.62. The van der Waals surface area contributed by atoms with Crippen molar-refractivity contribution in [3.8, 4) is 11.5 Å². The van der Waals surface area contributed by atoms with Crippen LogP contribution in [0.2, 0.25) is 0 Å². The standard InChI is InChI=1S/C21H24N4O2S/c1-4-26-19-8-6-5-7-17(19)13-22-25-20(23-24-21(25)28)14-27-18-11-9-16(10-12-18)15(2)3/h5-13,15H,4,14H2,1-3H3,(H,24,28)/b22-13-. The lowest BCUT2D eigenvalue weighted by molar-refractivity contribution is 0.290. The fraction of sp³-hybridized carbons (Fsp3) is 0.286. The third kappa shape index (κ3) is 4.86. The fourth-order valence-electron chi connectivity index (χ4n) is 2.63. The van der Waals surface area contributed by atoms with Crippen LogP contribution in [0.4, 0.5) is 0 Å².